The Balaban J connectivity index is 0.00000176. The summed E-state index contributed by atoms with van der Waals surface area (Å²) in [6, 6.07) is 0.378. The average molecular weight is 420 g/mol. The van der Waals surface area contributed by atoms with Gasteiger partial charge in [-0.05, 0) is 33.1 Å². The van der Waals surface area contributed by atoms with Gasteiger partial charge in [-0.3, -0.25) is 0 Å². The molecule has 0 amide bonds. The fraction of sp³-hybridized carbons (Fsp3) is 0.786. The third-order valence-electron chi connectivity index (χ3n) is 4.33. The monoisotopic (exact) mass is 420 g/mol. The van der Waals surface area contributed by atoms with E-state index in [1.807, 2.05) is 18.5 Å². The van der Waals surface area contributed by atoms with Crippen molar-refractivity contribution in [2.75, 3.05) is 6.54 Å². The van der Waals surface area contributed by atoms with Crippen LogP contribution in [0.2, 0.25) is 0 Å². The van der Waals surface area contributed by atoms with Crippen LogP contribution in [0.25, 0.3) is 0 Å². The van der Waals surface area contributed by atoms with Crippen molar-refractivity contribution in [1.82, 2.24) is 25.4 Å². The molecule has 1 aromatic rings. The van der Waals surface area contributed by atoms with Crippen LogP contribution in [0, 0.1) is 6.92 Å². The molecule has 124 valence electrons. The minimum Gasteiger partial charge on any atom is -0.373 e. The summed E-state index contributed by atoms with van der Waals surface area (Å²) in [6.45, 7) is 5.37. The lowest BCUT2D eigenvalue weighted by molar-refractivity contribution is 0.0992. The maximum Gasteiger partial charge on any atom is 0.192 e. The molecule has 2 saturated heterocycles. The highest BCUT2D eigenvalue weighted by molar-refractivity contribution is 14.0. The lowest BCUT2D eigenvalue weighted by Crippen LogP contribution is -2.47. The number of hydrogen-bond acceptors (Lipinski definition) is 4. The minimum absolute atomic E-state index is 0. The number of aryl methyl sites for hydroxylation is 1. The predicted octanol–water partition coefficient (Wildman–Crippen LogP) is 1.12. The van der Waals surface area contributed by atoms with E-state index in [1.54, 1.807) is 0 Å². The lowest BCUT2D eigenvalue weighted by Gasteiger charge is -2.22. The molecule has 0 spiro atoms. The van der Waals surface area contributed by atoms with E-state index in [0.717, 1.165) is 37.0 Å². The first kappa shape index (κ1) is 17.5. The van der Waals surface area contributed by atoms with Crippen LogP contribution in [0.3, 0.4) is 0 Å². The highest BCUT2D eigenvalue weighted by atomic mass is 127. The molecule has 0 aromatic carbocycles. The molecule has 22 heavy (non-hydrogen) atoms. The van der Waals surface area contributed by atoms with Crippen molar-refractivity contribution >= 4 is 29.9 Å². The molecule has 2 aliphatic heterocycles. The normalized spacial score (nSPS) is 26.9. The Morgan fingerprint density at radius 3 is 2.77 bits per heavy atom. The van der Waals surface area contributed by atoms with E-state index in [4.69, 9.17) is 4.74 Å². The summed E-state index contributed by atoms with van der Waals surface area (Å²) in [7, 11) is 1.96. The number of fused-ring (bicyclic) bond motifs is 2. The quantitative estimate of drug-likeness (QED) is 0.434. The number of halogens is 1. The summed E-state index contributed by atoms with van der Waals surface area (Å²) < 4.78 is 7.84. The van der Waals surface area contributed by atoms with Crippen molar-refractivity contribution in [3.63, 3.8) is 0 Å². The Morgan fingerprint density at radius 2 is 2.23 bits per heavy atom. The summed E-state index contributed by atoms with van der Waals surface area (Å²) in [5.74, 6) is 2.60. The molecule has 3 rings (SSSR count). The molecule has 2 N–H and O–H groups in total. The van der Waals surface area contributed by atoms with Crippen molar-refractivity contribution in [2.45, 2.75) is 57.9 Å². The highest BCUT2D eigenvalue weighted by Crippen LogP contribution is 2.34. The van der Waals surface area contributed by atoms with Gasteiger partial charge in [0.15, 0.2) is 11.8 Å². The number of nitrogens with one attached hydrogen (secondary N) is 2. The smallest absolute Gasteiger partial charge is 0.192 e. The van der Waals surface area contributed by atoms with Gasteiger partial charge >= 0.3 is 0 Å². The second kappa shape index (κ2) is 7.58. The summed E-state index contributed by atoms with van der Waals surface area (Å²) >= 11 is 0. The van der Waals surface area contributed by atoms with Gasteiger partial charge < -0.3 is 19.9 Å². The number of rotatable bonds is 4. The standard InChI is InChI=1S/C14H24N6O.HI/c1-4-15-14(16-8-13-19-18-9(2)20(13)3)17-11-7-10-5-6-12(11)21-10;/h10-12H,4-8H2,1-3H3,(H2,15,16,17);1H. The van der Waals surface area contributed by atoms with Crippen LogP contribution in [-0.4, -0.2) is 45.5 Å². The topological polar surface area (TPSA) is 76.4 Å². The van der Waals surface area contributed by atoms with Gasteiger partial charge in [-0.2, -0.15) is 0 Å². The van der Waals surface area contributed by atoms with Crippen LogP contribution in [0.4, 0.5) is 0 Å². The van der Waals surface area contributed by atoms with Gasteiger partial charge in [0, 0.05) is 13.6 Å². The Kier molecular flexibility index (Phi) is 6.01. The van der Waals surface area contributed by atoms with Crippen LogP contribution in [0.15, 0.2) is 4.99 Å². The van der Waals surface area contributed by atoms with Crippen LogP contribution in [0.1, 0.15) is 37.8 Å². The van der Waals surface area contributed by atoms with Crippen molar-refractivity contribution in [3.8, 4) is 0 Å². The van der Waals surface area contributed by atoms with E-state index in [-0.39, 0.29) is 24.0 Å². The zero-order valence-electron chi connectivity index (χ0n) is 13.4. The SMILES string of the molecule is CCNC(=NCc1nnc(C)n1C)NC1CC2CCC1O2.I. The average Bonchev–Trinajstić information content (AvgIpc) is 3.15. The molecular weight excluding hydrogens is 395 g/mol. The fourth-order valence-electron chi connectivity index (χ4n) is 3.02. The molecule has 3 atom stereocenters. The second-order valence-electron chi connectivity index (χ2n) is 5.78. The molecular formula is C14H25IN6O. The Hall–Kier alpha value is -0.900. The van der Waals surface area contributed by atoms with Gasteiger partial charge in [0.2, 0.25) is 0 Å². The van der Waals surface area contributed by atoms with Gasteiger partial charge in [0.25, 0.3) is 0 Å². The molecule has 0 aliphatic carbocycles. The molecule has 8 heteroatoms. The third kappa shape index (κ3) is 3.70. The third-order valence-corrected chi connectivity index (χ3v) is 4.33. The zero-order chi connectivity index (χ0) is 14.8. The molecule has 2 bridgehead atoms. The van der Waals surface area contributed by atoms with Crippen molar-refractivity contribution in [2.24, 2.45) is 12.0 Å². The number of nitrogens with zero attached hydrogens (tertiary/aromatic N) is 4. The van der Waals surface area contributed by atoms with E-state index < -0.39 is 0 Å². The van der Waals surface area contributed by atoms with E-state index in [0.29, 0.717) is 24.8 Å². The lowest BCUT2D eigenvalue weighted by atomic mass is 9.96. The highest BCUT2D eigenvalue weighted by Gasteiger charge is 2.41. The van der Waals surface area contributed by atoms with E-state index >= 15 is 0 Å². The van der Waals surface area contributed by atoms with Crippen LogP contribution >= 0.6 is 24.0 Å². The molecule has 7 nitrogen and oxygen atoms in total. The van der Waals surface area contributed by atoms with Gasteiger partial charge in [-0.25, -0.2) is 4.99 Å². The summed E-state index contributed by atoms with van der Waals surface area (Å²) in [4.78, 5) is 4.62. The predicted molar refractivity (Wildman–Crippen MR) is 95.4 cm³/mol. The van der Waals surface area contributed by atoms with Crippen molar-refractivity contribution < 1.29 is 4.74 Å². The fourth-order valence-corrected chi connectivity index (χ4v) is 3.02. The Bertz CT molecular complexity index is 531. The van der Waals surface area contributed by atoms with Crippen molar-refractivity contribution in [3.05, 3.63) is 11.6 Å². The molecule has 0 saturated carbocycles. The molecule has 2 fully saturated rings. The van der Waals surface area contributed by atoms with Crippen LogP contribution in [-0.2, 0) is 18.3 Å². The molecule has 3 heterocycles. The first-order valence-corrected chi connectivity index (χ1v) is 7.72. The first-order chi connectivity index (χ1) is 10.2. The first-order valence-electron chi connectivity index (χ1n) is 7.72. The zero-order valence-corrected chi connectivity index (χ0v) is 15.7. The number of ether oxygens (including phenoxy) is 1. The van der Waals surface area contributed by atoms with E-state index in [1.165, 1.54) is 6.42 Å². The van der Waals surface area contributed by atoms with E-state index in [9.17, 15) is 0 Å². The molecule has 0 radical (unpaired) electrons. The van der Waals surface area contributed by atoms with Crippen LogP contribution < -0.4 is 10.6 Å². The number of guanidine groups is 1. The van der Waals surface area contributed by atoms with Crippen LogP contribution in [0.5, 0.6) is 0 Å². The Morgan fingerprint density at radius 1 is 1.41 bits per heavy atom. The van der Waals surface area contributed by atoms with E-state index in [2.05, 4.69) is 32.7 Å². The van der Waals surface area contributed by atoms with Crippen molar-refractivity contribution in [1.29, 1.82) is 0 Å². The second-order valence-corrected chi connectivity index (χ2v) is 5.78. The number of aromatic nitrogens is 3. The largest absolute Gasteiger partial charge is 0.373 e. The molecule has 3 unspecified atom stereocenters. The number of aliphatic imine (C=N–C) groups is 1. The summed E-state index contributed by atoms with van der Waals surface area (Å²) in [5.41, 5.74) is 0. The number of hydrogen-bond donors (Lipinski definition) is 2. The van der Waals surface area contributed by atoms with Gasteiger partial charge in [0.05, 0.1) is 18.2 Å². The van der Waals surface area contributed by atoms with Gasteiger partial charge in [0.1, 0.15) is 12.4 Å². The summed E-state index contributed by atoms with van der Waals surface area (Å²) in [6.07, 6.45) is 4.23. The Labute approximate surface area is 148 Å². The molecule has 2 aliphatic rings. The van der Waals surface area contributed by atoms with Gasteiger partial charge in [-0.15, -0.1) is 34.2 Å². The molecule has 1 aromatic heterocycles. The summed E-state index contributed by atoms with van der Waals surface area (Å²) in [5, 5.41) is 15.0. The maximum absolute atomic E-state index is 5.88. The minimum atomic E-state index is 0. The van der Waals surface area contributed by atoms with Gasteiger partial charge in [-0.1, -0.05) is 0 Å². The maximum atomic E-state index is 5.88.